The molecule has 2 atom stereocenters. The Balaban J connectivity index is 4.27. The lowest BCUT2D eigenvalue weighted by Crippen LogP contribution is -2.37. The fourth-order valence-electron chi connectivity index (χ4n) is 7.56. The second kappa shape index (κ2) is 59.0. The predicted octanol–water partition coefficient (Wildman–Crippen LogP) is 19.8. The number of carbonyl (C=O) groups is 2. The lowest BCUT2D eigenvalue weighted by Gasteiger charge is -2.24. The van der Waals surface area contributed by atoms with Gasteiger partial charge in [-0.1, -0.05) is 235 Å². The van der Waals surface area contributed by atoms with Crippen LogP contribution in [0.2, 0.25) is 0 Å². The first-order chi connectivity index (χ1) is 39.0. The minimum atomic E-state index is -4.41. The summed E-state index contributed by atoms with van der Waals surface area (Å²) in [6.07, 6.45) is 90.0. The maximum absolute atomic E-state index is 12.8. The fourth-order valence-corrected chi connectivity index (χ4v) is 8.30. The SMILES string of the molecule is CC/C=C\C/C=C\C/C=C\C/C=C\C/C=C\C/C=C\C/C=C\C/C=C\C/C=C\C/C=C\CCCCCCC(=O)OC(COC(=O)CCCCCCCCCC/C=C\C/C=C\C/C=C\C/C=C\CC)COP(=O)(O)OCC[N+](C)(C)C. The van der Waals surface area contributed by atoms with Crippen LogP contribution in [0.5, 0.6) is 0 Å². The van der Waals surface area contributed by atoms with Gasteiger partial charge in [0.1, 0.15) is 19.8 Å². The molecule has 80 heavy (non-hydrogen) atoms. The van der Waals surface area contributed by atoms with E-state index in [-0.39, 0.29) is 26.1 Å². The van der Waals surface area contributed by atoms with Crippen LogP contribution in [0.3, 0.4) is 0 Å². The van der Waals surface area contributed by atoms with Crippen molar-refractivity contribution in [3.8, 4) is 0 Å². The number of hydrogen-bond acceptors (Lipinski definition) is 7. The van der Waals surface area contributed by atoms with Crippen LogP contribution in [0.1, 0.15) is 206 Å². The van der Waals surface area contributed by atoms with Gasteiger partial charge in [0, 0.05) is 12.8 Å². The lowest BCUT2D eigenvalue weighted by molar-refractivity contribution is -0.870. The topological polar surface area (TPSA) is 108 Å². The summed E-state index contributed by atoms with van der Waals surface area (Å²) in [5.74, 6) is -0.850. The summed E-state index contributed by atoms with van der Waals surface area (Å²) in [6.45, 7) is 4.14. The van der Waals surface area contributed by atoms with Gasteiger partial charge >= 0.3 is 19.8 Å². The van der Waals surface area contributed by atoms with E-state index >= 15 is 0 Å². The third-order valence-corrected chi connectivity index (χ3v) is 13.2. The maximum atomic E-state index is 12.8. The van der Waals surface area contributed by atoms with E-state index in [1.165, 1.54) is 25.7 Å². The highest BCUT2D eigenvalue weighted by molar-refractivity contribution is 7.47. The molecule has 0 aromatic carbocycles. The molecule has 0 saturated carbocycles. The standard InChI is InChI=1S/C70H112NO8P/c1-6-8-10-12-14-16-18-20-22-24-26-28-29-30-31-32-33-34-35-36-37-38-39-40-41-43-45-47-49-51-53-55-57-59-61-63-70(73)79-68(67-78-80(74,75)77-65-64-71(3,4)5)66-76-69(72)62-60-58-56-54-52-50-48-46-44-42-27-25-23-21-19-17-15-13-11-9-7-2/h8-11,14-17,20-23,26-28,30-31,33-34,36-37,39-40,42-43,45,49,51,68H,6-7,12-13,18-19,24-25,29,32,35,38,41,44,46-48,50,52-67H2,1-5H3/p+1/b10-8-,11-9-,16-14-,17-15-,22-20-,23-21-,28-26-,31-30-,34-33-,37-36-,40-39-,42-27-,45-43-,51-49-. The summed E-state index contributed by atoms with van der Waals surface area (Å²) >= 11 is 0. The Kier molecular flexibility index (Phi) is 55.6. The van der Waals surface area contributed by atoms with Crippen LogP contribution in [-0.2, 0) is 32.7 Å². The Morgan fingerprint density at radius 3 is 1.00 bits per heavy atom. The second-order valence-corrected chi connectivity index (χ2v) is 22.4. The first kappa shape index (κ1) is 75.4. The molecule has 0 heterocycles. The third kappa shape index (κ3) is 62.6. The van der Waals surface area contributed by atoms with Gasteiger partial charge in [0.05, 0.1) is 27.7 Å². The number of quaternary nitrogens is 1. The predicted molar refractivity (Wildman–Crippen MR) is 343 cm³/mol. The minimum absolute atomic E-state index is 0.0147. The highest BCUT2D eigenvalue weighted by Gasteiger charge is 2.27. The molecule has 0 saturated heterocycles. The molecule has 0 radical (unpaired) electrons. The van der Waals surface area contributed by atoms with Gasteiger partial charge in [0.15, 0.2) is 6.10 Å². The third-order valence-electron chi connectivity index (χ3n) is 12.2. The van der Waals surface area contributed by atoms with Crippen LogP contribution < -0.4 is 0 Å². The lowest BCUT2D eigenvalue weighted by atomic mass is 10.1. The number of esters is 2. The Labute approximate surface area is 489 Å². The van der Waals surface area contributed by atoms with E-state index in [0.717, 1.165) is 148 Å². The number of phosphoric ester groups is 1. The highest BCUT2D eigenvalue weighted by atomic mass is 31.2. The highest BCUT2D eigenvalue weighted by Crippen LogP contribution is 2.43. The first-order valence-corrected chi connectivity index (χ1v) is 32.4. The average molecular weight is 1130 g/mol. The van der Waals surface area contributed by atoms with E-state index in [2.05, 4.69) is 184 Å². The fraction of sp³-hybridized carbons (Fsp3) is 0.571. The summed E-state index contributed by atoms with van der Waals surface area (Å²) < 4.78 is 34.6. The zero-order valence-electron chi connectivity index (χ0n) is 51.0. The van der Waals surface area contributed by atoms with Crippen LogP contribution >= 0.6 is 7.82 Å². The van der Waals surface area contributed by atoms with Crippen molar-refractivity contribution in [2.24, 2.45) is 0 Å². The summed E-state index contributed by atoms with van der Waals surface area (Å²) in [6, 6.07) is 0. The van der Waals surface area contributed by atoms with Gasteiger partial charge in [-0.3, -0.25) is 18.6 Å². The smallest absolute Gasteiger partial charge is 0.462 e. The van der Waals surface area contributed by atoms with Gasteiger partial charge in [0.2, 0.25) is 0 Å². The van der Waals surface area contributed by atoms with Crippen LogP contribution in [0, 0.1) is 0 Å². The zero-order valence-corrected chi connectivity index (χ0v) is 51.9. The Hall–Kier alpha value is -4.63. The van der Waals surface area contributed by atoms with E-state index in [4.69, 9.17) is 18.5 Å². The molecule has 1 N–H and O–H groups in total. The van der Waals surface area contributed by atoms with Crippen molar-refractivity contribution < 1.29 is 42.1 Å². The summed E-state index contributed by atoms with van der Waals surface area (Å²) in [7, 11) is 1.43. The zero-order chi connectivity index (χ0) is 58.4. The molecule has 0 spiro atoms. The van der Waals surface area contributed by atoms with E-state index in [1.54, 1.807) is 0 Å². The average Bonchev–Trinajstić information content (AvgIpc) is 3.42. The van der Waals surface area contributed by atoms with Crippen molar-refractivity contribution in [3.05, 3.63) is 170 Å². The van der Waals surface area contributed by atoms with Crippen molar-refractivity contribution in [2.45, 2.75) is 213 Å². The van der Waals surface area contributed by atoms with Gasteiger partial charge in [-0.25, -0.2) is 4.57 Å². The molecule has 0 aromatic rings. The normalized spacial score (nSPS) is 14.4. The molecule has 0 bridgehead atoms. The molecule has 2 unspecified atom stereocenters. The van der Waals surface area contributed by atoms with Gasteiger partial charge in [0.25, 0.3) is 0 Å². The number of carbonyl (C=O) groups excluding carboxylic acids is 2. The number of phosphoric acid groups is 1. The van der Waals surface area contributed by atoms with Crippen molar-refractivity contribution in [1.29, 1.82) is 0 Å². The molecule has 0 aliphatic rings. The summed E-state index contributed by atoms with van der Waals surface area (Å²) in [5.41, 5.74) is 0. The molecule has 0 aromatic heterocycles. The van der Waals surface area contributed by atoms with Crippen molar-refractivity contribution in [3.63, 3.8) is 0 Å². The van der Waals surface area contributed by atoms with Crippen LogP contribution in [-0.4, -0.2) is 74.9 Å². The number of likely N-dealkylation sites (N-methyl/N-ethyl adjacent to an activating group) is 1. The maximum Gasteiger partial charge on any atom is 0.472 e. The van der Waals surface area contributed by atoms with Crippen LogP contribution in [0.25, 0.3) is 0 Å². The Morgan fingerprint density at radius 1 is 0.388 bits per heavy atom. The molecule has 450 valence electrons. The molecular formula is C70H113NO8P+. The summed E-state index contributed by atoms with van der Waals surface area (Å²) in [4.78, 5) is 35.7. The van der Waals surface area contributed by atoms with Gasteiger partial charge < -0.3 is 18.9 Å². The van der Waals surface area contributed by atoms with Crippen molar-refractivity contribution in [2.75, 3.05) is 47.5 Å². The Bertz CT molecular complexity index is 1950. The monoisotopic (exact) mass is 1130 g/mol. The largest absolute Gasteiger partial charge is 0.472 e. The molecular weight excluding hydrogens is 1010 g/mol. The molecule has 0 aliphatic carbocycles. The number of rotatable bonds is 54. The van der Waals surface area contributed by atoms with E-state index in [0.29, 0.717) is 17.4 Å². The second-order valence-electron chi connectivity index (χ2n) is 21.0. The van der Waals surface area contributed by atoms with E-state index in [9.17, 15) is 19.0 Å². The minimum Gasteiger partial charge on any atom is -0.462 e. The van der Waals surface area contributed by atoms with Crippen molar-refractivity contribution in [1.82, 2.24) is 0 Å². The number of ether oxygens (including phenoxy) is 2. The van der Waals surface area contributed by atoms with Crippen LogP contribution in [0.15, 0.2) is 170 Å². The quantitative estimate of drug-likeness (QED) is 0.0211. The van der Waals surface area contributed by atoms with E-state index < -0.39 is 32.5 Å². The number of hydrogen-bond donors (Lipinski definition) is 1. The molecule has 9 nitrogen and oxygen atoms in total. The van der Waals surface area contributed by atoms with Gasteiger partial charge in [-0.2, -0.15) is 0 Å². The molecule has 0 amide bonds. The molecule has 10 heteroatoms. The number of unbranched alkanes of at least 4 members (excludes halogenated alkanes) is 12. The molecule has 0 rings (SSSR count). The number of allylic oxidation sites excluding steroid dienone is 28. The Morgan fingerprint density at radius 2 is 0.675 bits per heavy atom. The van der Waals surface area contributed by atoms with Gasteiger partial charge in [-0.15, -0.1) is 0 Å². The first-order valence-electron chi connectivity index (χ1n) is 30.9. The van der Waals surface area contributed by atoms with E-state index in [1.807, 2.05) is 21.1 Å². The molecule has 0 aliphatic heterocycles. The molecule has 0 fully saturated rings. The van der Waals surface area contributed by atoms with Gasteiger partial charge in [-0.05, 0) is 128 Å². The summed E-state index contributed by atoms with van der Waals surface area (Å²) in [5, 5.41) is 0. The van der Waals surface area contributed by atoms with Crippen molar-refractivity contribution >= 4 is 19.8 Å². The number of nitrogens with zero attached hydrogens (tertiary/aromatic N) is 1. The van der Waals surface area contributed by atoms with Crippen LogP contribution in [0.4, 0.5) is 0 Å².